The van der Waals surface area contributed by atoms with Gasteiger partial charge in [-0.25, -0.2) is 0 Å². The third kappa shape index (κ3) is 4.25. The van der Waals surface area contributed by atoms with Gasteiger partial charge in [0.1, 0.15) is 0 Å². The molecule has 1 atom stereocenters. The van der Waals surface area contributed by atoms with Crippen molar-refractivity contribution in [3.63, 3.8) is 0 Å². The van der Waals surface area contributed by atoms with Crippen molar-refractivity contribution in [3.8, 4) is 0 Å². The lowest BCUT2D eigenvalue weighted by atomic mass is 9.95. The molecule has 3 heteroatoms. The van der Waals surface area contributed by atoms with Gasteiger partial charge in [-0.1, -0.05) is 13.8 Å². The molecule has 2 nitrogen and oxygen atoms in total. The van der Waals surface area contributed by atoms with Crippen LogP contribution in [0.1, 0.15) is 13.8 Å². The second-order valence-corrected chi connectivity index (χ2v) is 5.70. The number of hydrogen-bond acceptors (Lipinski definition) is 3. The van der Waals surface area contributed by atoms with Crippen LogP contribution in [0.3, 0.4) is 0 Å². The number of nitrogens with two attached hydrogens (primary N) is 1. The lowest BCUT2D eigenvalue weighted by Gasteiger charge is -2.27. The summed E-state index contributed by atoms with van der Waals surface area (Å²) in [5.41, 5.74) is 7.08. The molecule has 0 amide bonds. The Labute approximate surface area is 110 Å². The van der Waals surface area contributed by atoms with Crippen LogP contribution in [0.5, 0.6) is 0 Å². The molecule has 0 aromatic heterocycles. The zero-order chi connectivity index (χ0) is 12.8. The summed E-state index contributed by atoms with van der Waals surface area (Å²) in [5.74, 6) is 1.19. The Balaban J connectivity index is 2.65. The molecule has 0 heterocycles. The first-order chi connectivity index (χ1) is 8.08. The predicted octanol–water partition coefficient (Wildman–Crippen LogP) is 3.08. The molecule has 0 spiro atoms. The van der Waals surface area contributed by atoms with Crippen LogP contribution >= 0.6 is 11.8 Å². The molecular weight excluding hydrogens is 228 g/mol. The first-order valence-electron chi connectivity index (χ1n) is 6.13. The van der Waals surface area contributed by atoms with Gasteiger partial charge in [0.05, 0.1) is 0 Å². The van der Waals surface area contributed by atoms with Crippen LogP contribution in [0, 0.1) is 11.8 Å². The zero-order valence-electron chi connectivity index (χ0n) is 11.3. The summed E-state index contributed by atoms with van der Waals surface area (Å²) in [6, 6.07) is 8.70. The average Bonchev–Trinajstić information content (AvgIpc) is 2.35. The maximum Gasteiger partial charge on any atom is 0.0364 e. The summed E-state index contributed by atoms with van der Waals surface area (Å²) in [6.07, 6.45) is 2.10. The molecule has 1 unspecified atom stereocenters. The first-order valence-corrected chi connectivity index (χ1v) is 7.36. The first kappa shape index (κ1) is 14.4. The Morgan fingerprint density at radius 3 is 2.24 bits per heavy atom. The van der Waals surface area contributed by atoms with Gasteiger partial charge in [0, 0.05) is 24.2 Å². The van der Waals surface area contributed by atoms with Crippen molar-refractivity contribution in [1.29, 1.82) is 0 Å². The predicted molar refractivity (Wildman–Crippen MR) is 78.9 cm³/mol. The summed E-state index contributed by atoms with van der Waals surface area (Å²) in [5, 5.41) is 0. The van der Waals surface area contributed by atoms with Crippen LogP contribution in [0.25, 0.3) is 0 Å². The van der Waals surface area contributed by atoms with Crippen LogP contribution in [0.4, 0.5) is 5.69 Å². The molecule has 2 N–H and O–H groups in total. The largest absolute Gasteiger partial charge is 0.374 e. The van der Waals surface area contributed by atoms with E-state index in [1.807, 2.05) is 0 Å². The van der Waals surface area contributed by atoms with E-state index in [-0.39, 0.29) is 0 Å². The lowest BCUT2D eigenvalue weighted by Crippen LogP contribution is -2.33. The maximum atomic E-state index is 5.82. The van der Waals surface area contributed by atoms with Gasteiger partial charge >= 0.3 is 0 Å². The van der Waals surface area contributed by atoms with E-state index in [2.05, 4.69) is 56.3 Å². The van der Waals surface area contributed by atoms with Crippen molar-refractivity contribution in [3.05, 3.63) is 24.3 Å². The molecule has 1 aromatic carbocycles. The highest BCUT2D eigenvalue weighted by Gasteiger charge is 2.14. The monoisotopic (exact) mass is 252 g/mol. The van der Waals surface area contributed by atoms with Crippen LogP contribution in [-0.2, 0) is 0 Å². The van der Waals surface area contributed by atoms with Gasteiger partial charge in [-0.15, -0.1) is 11.8 Å². The van der Waals surface area contributed by atoms with Gasteiger partial charge in [-0.2, -0.15) is 0 Å². The molecule has 0 radical (unpaired) electrons. The van der Waals surface area contributed by atoms with Crippen LogP contribution in [0.2, 0.25) is 0 Å². The minimum absolute atomic E-state index is 0.556. The van der Waals surface area contributed by atoms with E-state index < -0.39 is 0 Å². The zero-order valence-corrected chi connectivity index (χ0v) is 12.1. The molecule has 0 bridgehead atoms. The molecule has 17 heavy (non-hydrogen) atoms. The fourth-order valence-electron chi connectivity index (χ4n) is 1.85. The number of rotatable bonds is 6. The number of nitrogens with zero attached hydrogens (tertiary/aromatic N) is 1. The average molecular weight is 252 g/mol. The number of hydrogen-bond donors (Lipinski definition) is 1. The Kier molecular flexibility index (Phi) is 5.86. The van der Waals surface area contributed by atoms with Gasteiger partial charge < -0.3 is 10.6 Å². The molecule has 1 rings (SSSR count). The number of thioether (sulfide) groups is 1. The standard InChI is InChI=1S/C14H24N2S/c1-11(2)12(9-15)10-16(3)13-5-7-14(17-4)8-6-13/h5-8,11-12H,9-10,15H2,1-4H3. The second kappa shape index (κ2) is 6.92. The van der Waals surface area contributed by atoms with Crippen molar-refractivity contribution in [2.24, 2.45) is 17.6 Å². The van der Waals surface area contributed by atoms with Crippen LogP contribution in [-0.4, -0.2) is 26.4 Å². The van der Waals surface area contributed by atoms with Crippen LogP contribution in [0.15, 0.2) is 29.2 Å². The molecular formula is C14H24N2S. The Morgan fingerprint density at radius 2 is 1.82 bits per heavy atom. The maximum absolute atomic E-state index is 5.82. The third-order valence-corrected chi connectivity index (χ3v) is 4.01. The Bertz CT molecular complexity index is 321. The van der Waals surface area contributed by atoms with Gasteiger partial charge in [0.2, 0.25) is 0 Å². The van der Waals surface area contributed by atoms with Crippen molar-refractivity contribution in [1.82, 2.24) is 0 Å². The van der Waals surface area contributed by atoms with E-state index in [4.69, 9.17) is 5.73 Å². The smallest absolute Gasteiger partial charge is 0.0364 e. The highest BCUT2D eigenvalue weighted by Crippen LogP contribution is 2.21. The summed E-state index contributed by atoms with van der Waals surface area (Å²) in [7, 11) is 2.14. The normalized spacial score (nSPS) is 12.8. The molecule has 0 aliphatic rings. The molecule has 0 fully saturated rings. The van der Waals surface area contributed by atoms with Gasteiger partial charge in [-0.3, -0.25) is 0 Å². The van der Waals surface area contributed by atoms with E-state index >= 15 is 0 Å². The van der Waals surface area contributed by atoms with E-state index in [9.17, 15) is 0 Å². The molecule has 0 saturated carbocycles. The minimum atomic E-state index is 0.556. The van der Waals surface area contributed by atoms with E-state index in [1.165, 1.54) is 10.6 Å². The molecule has 0 aliphatic carbocycles. The van der Waals surface area contributed by atoms with Crippen molar-refractivity contribution in [2.75, 3.05) is 31.3 Å². The molecule has 0 aliphatic heterocycles. The fourth-order valence-corrected chi connectivity index (χ4v) is 2.26. The fraction of sp³-hybridized carbons (Fsp3) is 0.571. The molecule has 1 aromatic rings. The summed E-state index contributed by atoms with van der Waals surface area (Å²) in [6.45, 7) is 6.25. The minimum Gasteiger partial charge on any atom is -0.374 e. The van der Waals surface area contributed by atoms with Crippen molar-refractivity contribution in [2.45, 2.75) is 18.7 Å². The third-order valence-electron chi connectivity index (χ3n) is 3.27. The summed E-state index contributed by atoms with van der Waals surface area (Å²) < 4.78 is 0. The highest BCUT2D eigenvalue weighted by molar-refractivity contribution is 7.98. The molecule has 96 valence electrons. The number of benzene rings is 1. The highest BCUT2D eigenvalue weighted by atomic mass is 32.2. The Morgan fingerprint density at radius 1 is 1.24 bits per heavy atom. The molecule has 0 saturated heterocycles. The van der Waals surface area contributed by atoms with Gasteiger partial charge in [0.15, 0.2) is 0 Å². The second-order valence-electron chi connectivity index (χ2n) is 4.82. The SMILES string of the molecule is CSc1ccc(N(C)CC(CN)C(C)C)cc1. The van der Waals surface area contributed by atoms with Crippen LogP contribution < -0.4 is 10.6 Å². The quantitative estimate of drug-likeness (QED) is 0.789. The van der Waals surface area contributed by atoms with Crippen molar-refractivity contribution < 1.29 is 0 Å². The number of anilines is 1. The van der Waals surface area contributed by atoms with Crippen molar-refractivity contribution >= 4 is 17.4 Å². The summed E-state index contributed by atoms with van der Waals surface area (Å²) >= 11 is 1.77. The van der Waals surface area contributed by atoms with E-state index in [0.717, 1.165) is 13.1 Å². The summed E-state index contributed by atoms with van der Waals surface area (Å²) in [4.78, 5) is 3.60. The van der Waals surface area contributed by atoms with E-state index in [0.29, 0.717) is 11.8 Å². The Hall–Kier alpha value is -0.670. The van der Waals surface area contributed by atoms with Gasteiger partial charge in [-0.05, 0) is 48.9 Å². The van der Waals surface area contributed by atoms with E-state index in [1.54, 1.807) is 11.8 Å². The topological polar surface area (TPSA) is 29.3 Å². The lowest BCUT2D eigenvalue weighted by molar-refractivity contribution is 0.398. The van der Waals surface area contributed by atoms with Gasteiger partial charge in [0.25, 0.3) is 0 Å².